The summed E-state index contributed by atoms with van der Waals surface area (Å²) in [4.78, 5) is 10.2. The van der Waals surface area contributed by atoms with Crippen molar-refractivity contribution in [2.24, 2.45) is 0 Å². The molecule has 6 heteroatoms. The Morgan fingerprint density at radius 1 is 1.04 bits per heavy atom. The highest BCUT2D eigenvalue weighted by atomic mass is 16.5. The Morgan fingerprint density at radius 2 is 1.77 bits per heavy atom. The van der Waals surface area contributed by atoms with Crippen molar-refractivity contribution in [2.45, 2.75) is 39.2 Å². The first kappa shape index (κ1) is 17.6. The third-order valence-corrected chi connectivity index (χ3v) is 6.19. The number of fused-ring (bicyclic) bond motifs is 1. The van der Waals surface area contributed by atoms with Gasteiger partial charge in [-0.1, -0.05) is 0 Å². The number of morpholine rings is 1. The van der Waals surface area contributed by atoms with E-state index in [4.69, 9.17) is 4.74 Å². The Labute approximate surface area is 156 Å². The number of hydrogen-bond donors (Lipinski definition) is 1. The number of piperidine rings is 1. The molecule has 1 atom stereocenters. The lowest BCUT2D eigenvalue weighted by atomic mass is 9.94. The van der Waals surface area contributed by atoms with Crippen LogP contribution < -0.4 is 19.7 Å². The Balaban J connectivity index is 1.81. The van der Waals surface area contributed by atoms with E-state index in [0.29, 0.717) is 0 Å². The van der Waals surface area contributed by atoms with Crippen molar-refractivity contribution >= 4 is 11.6 Å². The highest BCUT2D eigenvalue weighted by molar-refractivity contribution is 5.62. The van der Waals surface area contributed by atoms with E-state index in [1.54, 1.807) is 4.90 Å². The molecule has 0 bridgehead atoms. The van der Waals surface area contributed by atoms with Gasteiger partial charge in [-0.15, -0.1) is 0 Å². The standard InChI is InChI=1S/C20H29N5O/c1-2-23-9-6-16-17(14-21)19(24-7-4-3-5-8-24)22-20(18(16)15-23)25-10-12-26-13-11-25/h2-13,15H2,1H3/p+2. The molecular weight excluding hydrogens is 326 g/mol. The minimum Gasteiger partial charge on any atom is -0.375 e. The molecule has 6 nitrogen and oxygen atoms in total. The Morgan fingerprint density at radius 3 is 2.46 bits per heavy atom. The lowest BCUT2D eigenvalue weighted by Gasteiger charge is -2.32. The van der Waals surface area contributed by atoms with E-state index in [9.17, 15) is 5.26 Å². The van der Waals surface area contributed by atoms with Gasteiger partial charge in [0.25, 0.3) is 0 Å². The van der Waals surface area contributed by atoms with Crippen LogP contribution in [0.15, 0.2) is 0 Å². The van der Waals surface area contributed by atoms with Crippen LogP contribution in [0.1, 0.15) is 42.9 Å². The zero-order valence-electron chi connectivity index (χ0n) is 15.9. The molecule has 1 aromatic rings. The molecule has 4 heterocycles. The van der Waals surface area contributed by atoms with Gasteiger partial charge >= 0.3 is 0 Å². The molecule has 2 saturated heterocycles. The maximum Gasteiger partial charge on any atom is 0.240 e. The smallest absolute Gasteiger partial charge is 0.240 e. The first-order chi connectivity index (χ1) is 12.8. The van der Waals surface area contributed by atoms with Gasteiger partial charge in [0, 0.05) is 6.42 Å². The second-order valence-corrected chi connectivity index (χ2v) is 7.69. The van der Waals surface area contributed by atoms with Crippen molar-refractivity contribution in [3.05, 3.63) is 16.7 Å². The topological polar surface area (TPSA) is 58.1 Å². The van der Waals surface area contributed by atoms with Crippen LogP contribution in [-0.4, -0.2) is 52.5 Å². The molecule has 2 N–H and O–H groups in total. The zero-order chi connectivity index (χ0) is 17.9. The predicted octanol–water partition coefficient (Wildman–Crippen LogP) is 0.160. The van der Waals surface area contributed by atoms with Crippen LogP contribution in [0.4, 0.5) is 11.6 Å². The summed E-state index contributed by atoms with van der Waals surface area (Å²) in [6.07, 6.45) is 4.75. The molecule has 3 aliphatic heterocycles. The molecule has 1 unspecified atom stereocenters. The molecule has 3 aliphatic rings. The van der Waals surface area contributed by atoms with Gasteiger partial charge in [0.05, 0.1) is 58.0 Å². The molecule has 0 aliphatic carbocycles. The number of pyridine rings is 1. The molecule has 4 rings (SSSR count). The number of aromatic amines is 1. The van der Waals surface area contributed by atoms with Crippen LogP contribution in [0.2, 0.25) is 0 Å². The molecule has 26 heavy (non-hydrogen) atoms. The van der Waals surface area contributed by atoms with Crippen LogP contribution in [-0.2, 0) is 17.7 Å². The Hall–Kier alpha value is -1.84. The van der Waals surface area contributed by atoms with Crippen molar-refractivity contribution in [2.75, 3.05) is 62.3 Å². The quantitative estimate of drug-likeness (QED) is 0.837. The summed E-state index contributed by atoms with van der Waals surface area (Å²) < 4.78 is 5.58. The monoisotopic (exact) mass is 357 g/mol. The first-order valence-corrected chi connectivity index (χ1v) is 10.2. The molecule has 0 saturated carbocycles. The van der Waals surface area contributed by atoms with Crippen molar-refractivity contribution in [3.63, 3.8) is 0 Å². The molecule has 0 radical (unpaired) electrons. The number of rotatable bonds is 3. The van der Waals surface area contributed by atoms with Gasteiger partial charge in [0.15, 0.2) is 0 Å². The number of ether oxygens (including phenoxy) is 1. The van der Waals surface area contributed by atoms with Crippen LogP contribution in [0.3, 0.4) is 0 Å². The van der Waals surface area contributed by atoms with Gasteiger partial charge in [-0.25, -0.2) is 4.98 Å². The van der Waals surface area contributed by atoms with E-state index in [1.165, 1.54) is 36.2 Å². The summed E-state index contributed by atoms with van der Waals surface area (Å²) in [5.74, 6) is 2.31. The van der Waals surface area contributed by atoms with Gasteiger partial charge in [-0.05, 0) is 31.7 Å². The number of anilines is 2. The number of likely N-dealkylation sites (N-methyl/N-ethyl adjacent to an activating group) is 1. The minimum atomic E-state index is 0.784. The van der Waals surface area contributed by atoms with Gasteiger partial charge in [-0.3, -0.25) is 9.80 Å². The van der Waals surface area contributed by atoms with Crippen molar-refractivity contribution in [3.8, 4) is 6.07 Å². The number of hydrogen-bond acceptors (Lipinski definition) is 4. The lowest BCUT2D eigenvalue weighted by molar-refractivity contribution is -0.914. The highest BCUT2D eigenvalue weighted by Gasteiger charge is 2.34. The second kappa shape index (κ2) is 7.81. The van der Waals surface area contributed by atoms with Gasteiger partial charge < -0.3 is 9.64 Å². The van der Waals surface area contributed by atoms with Crippen LogP contribution >= 0.6 is 0 Å². The third kappa shape index (κ3) is 3.26. The third-order valence-electron chi connectivity index (χ3n) is 6.19. The number of nitriles is 1. The van der Waals surface area contributed by atoms with E-state index in [2.05, 4.69) is 27.8 Å². The highest BCUT2D eigenvalue weighted by Crippen LogP contribution is 2.30. The van der Waals surface area contributed by atoms with Gasteiger partial charge in [0.2, 0.25) is 11.6 Å². The van der Waals surface area contributed by atoms with E-state index in [1.807, 2.05) is 0 Å². The SMILES string of the molecule is CC[NH+]1CCc2c(C#N)c(N3CCCCC3)[nH+]c(N3CCOCC3)c2C1. The number of nitrogens with zero attached hydrogens (tertiary/aromatic N) is 3. The molecule has 0 amide bonds. The largest absolute Gasteiger partial charge is 0.375 e. The zero-order valence-corrected chi connectivity index (χ0v) is 15.9. The maximum absolute atomic E-state index is 9.99. The fraction of sp³-hybridized carbons (Fsp3) is 0.700. The van der Waals surface area contributed by atoms with Crippen LogP contribution in [0.5, 0.6) is 0 Å². The summed E-state index contributed by atoms with van der Waals surface area (Å²) >= 11 is 0. The summed E-state index contributed by atoms with van der Waals surface area (Å²) in [6.45, 7) is 11.1. The summed E-state index contributed by atoms with van der Waals surface area (Å²) in [6, 6.07) is 2.56. The number of H-pyrrole nitrogens is 1. The van der Waals surface area contributed by atoms with Gasteiger partial charge in [-0.2, -0.15) is 5.26 Å². The van der Waals surface area contributed by atoms with Crippen LogP contribution in [0.25, 0.3) is 0 Å². The Bertz CT molecular complexity index is 686. The summed E-state index contributed by atoms with van der Waals surface area (Å²) in [7, 11) is 0. The van der Waals surface area contributed by atoms with Crippen molar-refractivity contribution in [1.82, 2.24) is 0 Å². The lowest BCUT2D eigenvalue weighted by Crippen LogP contribution is -3.11. The average Bonchev–Trinajstić information content (AvgIpc) is 2.73. The Kier molecular flexibility index (Phi) is 5.28. The minimum absolute atomic E-state index is 0.784. The fourth-order valence-corrected chi connectivity index (χ4v) is 4.63. The maximum atomic E-state index is 9.99. The fourth-order valence-electron chi connectivity index (χ4n) is 4.63. The van der Waals surface area contributed by atoms with E-state index in [-0.39, 0.29) is 0 Å². The van der Waals surface area contributed by atoms with Crippen molar-refractivity contribution in [1.29, 1.82) is 5.26 Å². The molecular formula is C20H31N5O+2. The number of quaternary nitrogens is 1. The molecule has 140 valence electrons. The van der Waals surface area contributed by atoms with E-state index >= 15 is 0 Å². The average molecular weight is 358 g/mol. The molecule has 0 spiro atoms. The number of aromatic nitrogens is 1. The summed E-state index contributed by atoms with van der Waals surface area (Å²) in [5, 5.41) is 9.99. The molecule has 2 fully saturated rings. The van der Waals surface area contributed by atoms with Gasteiger partial charge in [0.1, 0.15) is 18.2 Å². The number of nitrogens with one attached hydrogen (secondary N) is 2. The first-order valence-electron chi connectivity index (χ1n) is 10.2. The van der Waals surface area contributed by atoms with Crippen LogP contribution in [0, 0.1) is 11.3 Å². The second-order valence-electron chi connectivity index (χ2n) is 7.69. The van der Waals surface area contributed by atoms with E-state index < -0.39 is 0 Å². The molecule has 0 aromatic carbocycles. The molecule has 1 aromatic heterocycles. The predicted molar refractivity (Wildman–Crippen MR) is 101 cm³/mol. The summed E-state index contributed by atoms with van der Waals surface area (Å²) in [5.41, 5.74) is 3.56. The van der Waals surface area contributed by atoms with Crippen molar-refractivity contribution < 1.29 is 14.6 Å². The van der Waals surface area contributed by atoms with E-state index in [0.717, 1.165) is 76.8 Å². The normalized spacial score (nSPS) is 23.5.